The van der Waals surface area contributed by atoms with Crippen molar-refractivity contribution in [2.75, 3.05) is 6.54 Å². The number of benzene rings is 1. The average Bonchev–Trinajstić information content (AvgIpc) is 2.94. The fourth-order valence-electron chi connectivity index (χ4n) is 4.34. The van der Waals surface area contributed by atoms with Gasteiger partial charge < -0.3 is 11.1 Å². The Bertz CT molecular complexity index is 590. The number of hydrogen-bond donors (Lipinski definition) is 2. The van der Waals surface area contributed by atoms with Gasteiger partial charge >= 0.3 is 0 Å². The quantitative estimate of drug-likeness (QED) is 0.867. The highest BCUT2D eigenvalue weighted by molar-refractivity contribution is 5.83. The molecule has 1 heterocycles. The molecule has 1 aliphatic carbocycles. The predicted octanol–water partition coefficient (Wildman–Crippen LogP) is 1.98. The standard InChI is InChI=1S/C19H27N3O2/c1-13(14-7-3-2-4-8-14)21-18(23)12-22-16-10-6-5-9-15(16)11-17(22)19(20)24/h2-4,7-8,13,15-17H,5-6,9-12H2,1H3,(H2,20,24)(H,21,23)/t13-,15+,16-,17-/m0/s1. The summed E-state index contributed by atoms with van der Waals surface area (Å²) in [6.45, 7) is 2.23. The molecular formula is C19H27N3O2. The summed E-state index contributed by atoms with van der Waals surface area (Å²) in [6.07, 6.45) is 5.41. The third-order valence-corrected chi connectivity index (χ3v) is 5.55. The van der Waals surface area contributed by atoms with Gasteiger partial charge in [-0.05, 0) is 37.7 Å². The zero-order chi connectivity index (χ0) is 17.1. The Morgan fingerprint density at radius 3 is 2.67 bits per heavy atom. The smallest absolute Gasteiger partial charge is 0.234 e. The van der Waals surface area contributed by atoms with Crippen LogP contribution in [0.3, 0.4) is 0 Å². The number of carbonyl (C=O) groups is 2. The molecule has 1 aromatic carbocycles. The number of carbonyl (C=O) groups excluding carboxylic acids is 2. The summed E-state index contributed by atoms with van der Waals surface area (Å²) in [7, 11) is 0. The molecule has 0 aromatic heterocycles. The predicted molar refractivity (Wildman–Crippen MR) is 93.1 cm³/mol. The number of rotatable bonds is 5. The lowest BCUT2D eigenvalue weighted by molar-refractivity contribution is -0.127. The SMILES string of the molecule is C[C@H](NC(=O)CN1[C@H](C(N)=O)C[C@H]2CCCC[C@@H]21)c1ccccc1. The first-order valence-corrected chi connectivity index (χ1v) is 8.95. The molecule has 1 aliphatic heterocycles. The van der Waals surface area contributed by atoms with Crippen molar-refractivity contribution < 1.29 is 9.59 Å². The van der Waals surface area contributed by atoms with Gasteiger partial charge in [-0.1, -0.05) is 43.2 Å². The molecule has 5 heteroatoms. The second-order valence-electron chi connectivity index (χ2n) is 7.14. The number of hydrogen-bond acceptors (Lipinski definition) is 3. The number of nitrogens with two attached hydrogens (primary N) is 1. The van der Waals surface area contributed by atoms with Crippen LogP contribution >= 0.6 is 0 Å². The van der Waals surface area contributed by atoms with E-state index in [4.69, 9.17) is 5.73 Å². The van der Waals surface area contributed by atoms with E-state index in [0.717, 1.165) is 24.8 Å². The molecule has 2 fully saturated rings. The molecule has 5 nitrogen and oxygen atoms in total. The van der Waals surface area contributed by atoms with Crippen molar-refractivity contribution in [1.29, 1.82) is 0 Å². The second-order valence-corrected chi connectivity index (χ2v) is 7.14. The van der Waals surface area contributed by atoms with E-state index < -0.39 is 0 Å². The fourth-order valence-corrected chi connectivity index (χ4v) is 4.34. The maximum absolute atomic E-state index is 12.5. The van der Waals surface area contributed by atoms with E-state index in [1.807, 2.05) is 37.3 Å². The van der Waals surface area contributed by atoms with Crippen LogP contribution in [0.15, 0.2) is 30.3 Å². The minimum atomic E-state index is -0.298. The van der Waals surface area contributed by atoms with E-state index >= 15 is 0 Å². The number of likely N-dealkylation sites (tertiary alicyclic amines) is 1. The first-order valence-electron chi connectivity index (χ1n) is 8.95. The summed E-state index contributed by atoms with van der Waals surface area (Å²) in [5, 5.41) is 3.05. The van der Waals surface area contributed by atoms with Gasteiger partial charge in [0.05, 0.1) is 18.6 Å². The Morgan fingerprint density at radius 1 is 1.25 bits per heavy atom. The minimum Gasteiger partial charge on any atom is -0.368 e. The van der Waals surface area contributed by atoms with Gasteiger partial charge in [-0.15, -0.1) is 0 Å². The van der Waals surface area contributed by atoms with E-state index in [-0.39, 0.29) is 30.4 Å². The van der Waals surface area contributed by atoms with Gasteiger partial charge in [-0.2, -0.15) is 0 Å². The maximum Gasteiger partial charge on any atom is 0.234 e. The molecule has 24 heavy (non-hydrogen) atoms. The summed E-state index contributed by atoms with van der Waals surface area (Å²) >= 11 is 0. The highest BCUT2D eigenvalue weighted by Crippen LogP contribution is 2.39. The van der Waals surface area contributed by atoms with Crippen LogP contribution < -0.4 is 11.1 Å². The van der Waals surface area contributed by atoms with Crippen LogP contribution in [-0.2, 0) is 9.59 Å². The number of nitrogens with zero attached hydrogens (tertiary/aromatic N) is 1. The number of fused-ring (bicyclic) bond motifs is 1. The molecule has 4 atom stereocenters. The molecule has 1 aromatic rings. The van der Waals surface area contributed by atoms with Crippen LogP contribution in [0.5, 0.6) is 0 Å². The summed E-state index contributed by atoms with van der Waals surface area (Å²) in [6, 6.07) is 9.89. The molecule has 3 rings (SSSR count). The van der Waals surface area contributed by atoms with Crippen LogP contribution in [0.2, 0.25) is 0 Å². The second kappa shape index (κ2) is 7.34. The fraction of sp³-hybridized carbons (Fsp3) is 0.579. The molecule has 2 aliphatic rings. The molecule has 1 saturated carbocycles. The number of primary amides is 1. The number of amides is 2. The normalized spacial score (nSPS) is 28.1. The Kier molecular flexibility index (Phi) is 5.19. The summed E-state index contributed by atoms with van der Waals surface area (Å²) in [5.74, 6) is 0.174. The zero-order valence-corrected chi connectivity index (χ0v) is 14.3. The zero-order valence-electron chi connectivity index (χ0n) is 14.3. The van der Waals surface area contributed by atoms with Crippen LogP contribution in [0.1, 0.15) is 50.6 Å². The molecule has 0 bridgehead atoms. The minimum absolute atomic E-state index is 0.0381. The van der Waals surface area contributed by atoms with Gasteiger partial charge in [0, 0.05) is 6.04 Å². The molecule has 0 spiro atoms. The third kappa shape index (κ3) is 3.61. The lowest BCUT2D eigenvalue weighted by atomic mass is 9.84. The van der Waals surface area contributed by atoms with Crippen LogP contribution in [0.25, 0.3) is 0 Å². The average molecular weight is 329 g/mol. The first-order chi connectivity index (χ1) is 11.6. The van der Waals surface area contributed by atoms with Crippen molar-refractivity contribution in [2.24, 2.45) is 11.7 Å². The van der Waals surface area contributed by atoms with Crippen molar-refractivity contribution in [3.63, 3.8) is 0 Å². The maximum atomic E-state index is 12.5. The van der Waals surface area contributed by atoms with E-state index in [1.54, 1.807) is 0 Å². The van der Waals surface area contributed by atoms with Gasteiger partial charge in [0.1, 0.15) is 0 Å². The number of nitrogens with one attached hydrogen (secondary N) is 1. The largest absolute Gasteiger partial charge is 0.368 e. The Labute approximate surface area is 143 Å². The monoisotopic (exact) mass is 329 g/mol. The summed E-state index contributed by atoms with van der Waals surface area (Å²) in [4.78, 5) is 26.4. The topological polar surface area (TPSA) is 75.4 Å². The van der Waals surface area contributed by atoms with Crippen molar-refractivity contribution in [1.82, 2.24) is 10.2 Å². The van der Waals surface area contributed by atoms with Crippen molar-refractivity contribution in [2.45, 2.75) is 57.2 Å². The van der Waals surface area contributed by atoms with Gasteiger partial charge in [-0.3, -0.25) is 14.5 Å². The molecular weight excluding hydrogens is 302 g/mol. The van der Waals surface area contributed by atoms with Gasteiger partial charge in [0.2, 0.25) is 11.8 Å². The highest BCUT2D eigenvalue weighted by Gasteiger charge is 2.44. The van der Waals surface area contributed by atoms with Crippen LogP contribution in [-0.4, -0.2) is 35.3 Å². The third-order valence-electron chi connectivity index (χ3n) is 5.55. The lowest BCUT2D eigenvalue weighted by Crippen LogP contribution is -2.49. The van der Waals surface area contributed by atoms with Crippen LogP contribution in [0.4, 0.5) is 0 Å². The van der Waals surface area contributed by atoms with Crippen molar-refractivity contribution >= 4 is 11.8 Å². The molecule has 1 saturated heterocycles. The summed E-state index contributed by atoms with van der Waals surface area (Å²) in [5.41, 5.74) is 6.68. The van der Waals surface area contributed by atoms with Crippen molar-refractivity contribution in [3.05, 3.63) is 35.9 Å². The lowest BCUT2D eigenvalue weighted by Gasteiger charge is -2.33. The molecule has 130 valence electrons. The van der Waals surface area contributed by atoms with E-state index in [1.165, 1.54) is 12.8 Å². The van der Waals surface area contributed by atoms with E-state index in [2.05, 4.69) is 10.2 Å². The molecule has 3 N–H and O–H groups in total. The van der Waals surface area contributed by atoms with Crippen molar-refractivity contribution in [3.8, 4) is 0 Å². The Hall–Kier alpha value is -1.88. The van der Waals surface area contributed by atoms with Crippen LogP contribution in [0, 0.1) is 5.92 Å². The first kappa shape index (κ1) is 17.0. The molecule has 0 unspecified atom stereocenters. The van der Waals surface area contributed by atoms with Gasteiger partial charge in [0.25, 0.3) is 0 Å². The highest BCUT2D eigenvalue weighted by atomic mass is 16.2. The Balaban J connectivity index is 1.64. The van der Waals surface area contributed by atoms with Gasteiger partial charge in [-0.25, -0.2) is 0 Å². The molecule has 2 amide bonds. The van der Waals surface area contributed by atoms with E-state index in [9.17, 15) is 9.59 Å². The van der Waals surface area contributed by atoms with Gasteiger partial charge in [0.15, 0.2) is 0 Å². The summed E-state index contributed by atoms with van der Waals surface area (Å²) < 4.78 is 0. The van der Waals surface area contributed by atoms with E-state index in [0.29, 0.717) is 12.0 Å². The molecule has 0 radical (unpaired) electrons. The Morgan fingerprint density at radius 2 is 1.96 bits per heavy atom.